The highest BCUT2D eigenvalue weighted by molar-refractivity contribution is 7.85. The fourth-order valence-electron chi connectivity index (χ4n) is 2.98. The molecule has 0 spiro atoms. The molecule has 9 heteroatoms. The van der Waals surface area contributed by atoms with Gasteiger partial charge in [0.15, 0.2) is 5.65 Å². The van der Waals surface area contributed by atoms with E-state index in [0.717, 1.165) is 30.2 Å². The summed E-state index contributed by atoms with van der Waals surface area (Å²) in [5.41, 5.74) is 0.291. The predicted octanol–water partition coefficient (Wildman–Crippen LogP) is 2.55. The maximum absolute atomic E-state index is 12.9. The van der Waals surface area contributed by atoms with Crippen molar-refractivity contribution < 1.29 is 13.0 Å². The monoisotopic (exact) mass is 343 g/mol. The Morgan fingerprint density at radius 3 is 2.96 bits per heavy atom. The maximum atomic E-state index is 12.9. The van der Waals surface area contributed by atoms with E-state index in [1.807, 2.05) is 6.92 Å². The average molecular weight is 343 g/mol. The summed E-state index contributed by atoms with van der Waals surface area (Å²) < 4.78 is 38.8. The standard InChI is InChI=1S/C14H19F2N5OS/c1-2-23(22)10-5-3-4-9(8-10)17-11-6-7-12-18-19-14(13(15)16)21(12)20-11/h6-7,9-10,13H,2-5,8H2,1H3,(H,17,20). The van der Waals surface area contributed by atoms with Gasteiger partial charge >= 0.3 is 0 Å². The van der Waals surface area contributed by atoms with Gasteiger partial charge in [0, 0.05) is 27.8 Å². The summed E-state index contributed by atoms with van der Waals surface area (Å²) in [6.07, 6.45) is 1.03. The number of alkyl halides is 2. The van der Waals surface area contributed by atoms with Crippen molar-refractivity contribution >= 4 is 22.3 Å². The van der Waals surface area contributed by atoms with Gasteiger partial charge in [-0.15, -0.1) is 15.3 Å². The second-order valence-electron chi connectivity index (χ2n) is 5.65. The van der Waals surface area contributed by atoms with Gasteiger partial charge in [0.05, 0.1) is 0 Å². The molecule has 2 aromatic rings. The number of nitrogens with zero attached hydrogens (tertiary/aromatic N) is 4. The topological polar surface area (TPSA) is 72.2 Å². The van der Waals surface area contributed by atoms with Crippen LogP contribution in [0.1, 0.15) is 44.9 Å². The summed E-state index contributed by atoms with van der Waals surface area (Å²) in [5.74, 6) is 0.712. The van der Waals surface area contributed by atoms with Crippen molar-refractivity contribution in [1.82, 2.24) is 19.8 Å². The van der Waals surface area contributed by atoms with Crippen molar-refractivity contribution in [3.8, 4) is 0 Å². The molecular formula is C14H19F2N5OS. The highest BCUT2D eigenvalue weighted by atomic mass is 32.2. The lowest BCUT2D eigenvalue weighted by Crippen LogP contribution is -2.33. The minimum atomic E-state index is -2.72. The summed E-state index contributed by atoms with van der Waals surface area (Å²) >= 11 is 0. The Balaban J connectivity index is 1.76. The Morgan fingerprint density at radius 1 is 1.39 bits per heavy atom. The van der Waals surface area contributed by atoms with Crippen molar-refractivity contribution in [1.29, 1.82) is 0 Å². The van der Waals surface area contributed by atoms with E-state index >= 15 is 0 Å². The number of hydrogen-bond acceptors (Lipinski definition) is 5. The molecule has 1 fully saturated rings. The van der Waals surface area contributed by atoms with Gasteiger partial charge in [0.25, 0.3) is 6.43 Å². The molecule has 1 saturated carbocycles. The largest absolute Gasteiger partial charge is 0.366 e. The Labute approximate surface area is 135 Å². The lowest BCUT2D eigenvalue weighted by Gasteiger charge is -2.29. The number of fused-ring (bicyclic) bond motifs is 1. The van der Waals surface area contributed by atoms with Gasteiger partial charge in [-0.1, -0.05) is 13.3 Å². The van der Waals surface area contributed by atoms with E-state index in [-0.39, 0.29) is 11.3 Å². The minimum Gasteiger partial charge on any atom is -0.366 e. The lowest BCUT2D eigenvalue weighted by atomic mass is 9.95. The van der Waals surface area contributed by atoms with Gasteiger partial charge < -0.3 is 5.32 Å². The zero-order valence-electron chi connectivity index (χ0n) is 12.8. The first-order valence-corrected chi connectivity index (χ1v) is 9.11. The molecule has 6 nitrogen and oxygen atoms in total. The SMILES string of the molecule is CCS(=O)C1CCCC(Nc2ccc3nnc(C(F)F)n3n2)C1. The van der Waals surface area contributed by atoms with Crippen LogP contribution in [-0.4, -0.2) is 41.1 Å². The maximum Gasteiger partial charge on any atom is 0.299 e. The molecule has 2 heterocycles. The molecule has 0 aliphatic heterocycles. The molecule has 1 aliphatic rings. The van der Waals surface area contributed by atoms with Crippen LogP contribution in [0.25, 0.3) is 5.65 Å². The number of anilines is 1. The molecule has 126 valence electrons. The highest BCUT2D eigenvalue weighted by Crippen LogP contribution is 2.25. The number of rotatable bonds is 5. The first-order valence-electron chi connectivity index (χ1n) is 7.72. The van der Waals surface area contributed by atoms with E-state index in [1.54, 1.807) is 12.1 Å². The summed E-state index contributed by atoms with van der Waals surface area (Å²) in [5, 5.41) is 14.8. The zero-order chi connectivity index (χ0) is 16.4. The first kappa shape index (κ1) is 16.2. The molecule has 23 heavy (non-hydrogen) atoms. The molecule has 3 atom stereocenters. The number of nitrogens with one attached hydrogen (secondary N) is 1. The van der Waals surface area contributed by atoms with E-state index < -0.39 is 23.0 Å². The van der Waals surface area contributed by atoms with Crippen LogP contribution in [0.15, 0.2) is 12.1 Å². The zero-order valence-corrected chi connectivity index (χ0v) is 13.6. The third kappa shape index (κ3) is 3.49. The fraction of sp³-hybridized carbons (Fsp3) is 0.643. The molecule has 1 N–H and O–H groups in total. The van der Waals surface area contributed by atoms with Crippen molar-refractivity contribution in [2.75, 3.05) is 11.1 Å². The van der Waals surface area contributed by atoms with Crippen LogP contribution in [0.5, 0.6) is 0 Å². The molecule has 2 aromatic heterocycles. The Hall–Kier alpha value is -1.64. The Bertz CT molecular complexity index is 708. The van der Waals surface area contributed by atoms with Crippen LogP contribution in [0.3, 0.4) is 0 Å². The lowest BCUT2D eigenvalue weighted by molar-refractivity contribution is 0.137. The van der Waals surface area contributed by atoms with Gasteiger partial charge in [0.2, 0.25) is 5.82 Å². The molecular weight excluding hydrogens is 324 g/mol. The smallest absolute Gasteiger partial charge is 0.299 e. The summed E-state index contributed by atoms with van der Waals surface area (Å²) in [6, 6.07) is 3.47. The first-order chi connectivity index (χ1) is 11.1. The van der Waals surface area contributed by atoms with E-state index in [4.69, 9.17) is 0 Å². The molecule has 0 aromatic carbocycles. The summed E-state index contributed by atoms with van der Waals surface area (Å²) in [6.45, 7) is 1.93. The van der Waals surface area contributed by atoms with Crippen LogP contribution < -0.4 is 5.32 Å². The Morgan fingerprint density at radius 2 is 2.22 bits per heavy atom. The molecule has 0 saturated heterocycles. The minimum absolute atomic E-state index is 0.153. The van der Waals surface area contributed by atoms with Crippen molar-refractivity contribution in [3.63, 3.8) is 0 Å². The third-order valence-electron chi connectivity index (χ3n) is 4.12. The molecule has 3 unspecified atom stereocenters. The van der Waals surface area contributed by atoms with Gasteiger partial charge in [-0.05, 0) is 31.4 Å². The van der Waals surface area contributed by atoms with Crippen LogP contribution in [0.4, 0.5) is 14.6 Å². The molecule has 0 amide bonds. The van der Waals surface area contributed by atoms with E-state index in [9.17, 15) is 13.0 Å². The second kappa shape index (κ2) is 6.86. The number of halogens is 2. The molecule has 0 radical (unpaired) electrons. The van der Waals surface area contributed by atoms with Crippen LogP contribution in [0, 0.1) is 0 Å². The Kier molecular flexibility index (Phi) is 4.84. The highest BCUT2D eigenvalue weighted by Gasteiger charge is 2.26. The quantitative estimate of drug-likeness (QED) is 0.903. The summed E-state index contributed by atoms with van der Waals surface area (Å²) in [4.78, 5) is 0. The van der Waals surface area contributed by atoms with Crippen molar-refractivity contribution in [2.45, 2.75) is 50.3 Å². The van der Waals surface area contributed by atoms with E-state index in [1.165, 1.54) is 0 Å². The third-order valence-corrected chi connectivity index (χ3v) is 5.86. The normalized spacial score (nSPS) is 23.3. The van der Waals surface area contributed by atoms with Gasteiger partial charge in [0.1, 0.15) is 5.82 Å². The van der Waals surface area contributed by atoms with Crippen LogP contribution in [0.2, 0.25) is 0 Å². The molecule has 3 rings (SSSR count). The van der Waals surface area contributed by atoms with Gasteiger partial charge in [-0.3, -0.25) is 4.21 Å². The summed E-state index contributed by atoms with van der Waals surface area (Å²) in [7, 11) is -0.803. The van der Waals surface area contributed by atoms with Crippen LogP contribution >= 0.6 is 0 Å². The predicted molar refractivity (Wildman–Crippen MR) is 84.1 cm³/mol. The van der Waals surface area contributed by atoms with Crippen LogP contribution in [-0.2, 0) is 10.8 Å². The van der Waals surface area contributed by atoms with Crippen molar-refractivity contribution in [2.24, 2.45) is 0 Å². The number of aromatic nitrogens is 4. The number of hydrogen-bond donors (Lipinski definition) is 1. The molecule has 0 bridgehead atoms. The van der Waals surface area contributed by atoms with Gasteiger partial charge in [-0.25, -0.2) is 8.78 Å². The second-order valence-corrected chi connectivity index (χ2v) is 7.65. The van der Waals surface area contributed by atoms with E-state index in [2.05, 4.69) is 20.6 Å². The van der Waals surface area contributed by atoms with Crippen molar-refractivity contribution in [3.05, 3.63) is 18.0 Å². The van der Waals surface area contributed by atoms with Gasteiger partial charge in [-0.2, -0.15) is 4.52 Å². The molecule has 1 aliphatic carbocycles. The average Bonchev–Trinajstić information content (AvgIpc) is 2.97. The fourth-order valence-corrected chi connectivity index (χ4v) is 4.33. The van der Waals surface area contributed by atoms with E-state index in [0.29, 0.717) is 17.2 Å².